The second-order valence-corrected chi connectivity index (χ2v) is 10.5. The van der Waals surface area contributed by atoms with Crippen LogP contribution >= 0.6 is 11.3 Å². The molecule has 0 spiro atoms. The predicted molar refractivity (Wildman–Crippen MR) is 127 cm³/mol. The molecule has 1 N–H and O–H groups in total. The minimum absolute atomic E-state index is 0.250. The van der Waals surface area contributed by atoms with Crippen molar-refractivity contribution in [1.29, 1.82) is 0 Å². The third-order valence-electron chi connectivity index (χ3n) is 6.80. The van der Waals surface area contributed by atoms with Crippen molar-refractivity contribution in [3.8, 4) is 0 Å². The molecule has 1 saturated heterocycles. The van der Waals surface area contributed by atoms with Gasteiger partial charge in [0.15, 0.2) is 0 Å². The number of amides is 2. The Morgan fingerprint density at radius 1 is 1.08 bits per heavy atom. The summed E-state index contributed by atoms with van der Waals surface area (Å²) in [5, 5.41) is 3.30. The van der Waals surface area contributed by atoms with Crippen LogP contribution in [0.5, 0.6) is 0 Å². The van der Waals surface area contributed by atoms with Crippen molar-refractivity contribution < 1.29 is 27.2 Å². The predicted octanol–water partition coefficient (Wildman–Crippen LogP) is 6.06. The van der Waals surface area contributed by atoms with Gasteiger partial charge in [-0.15, -0.1) is 11.3 Å². The SMILES string of the molecule is Cc1nc2c(s1)C1CCCC(C2)N1C(=O)C(F)(F)c1cc(C(=O)Nc2ccc(F)c(C)c2)ccc1F. The molecule has 2 aliphatic heterocycles. The molecule has 10 heteroatoms. The summed E-state index contributed by atoms with van der Waals surface area (Å²) in [6.07, 6.45) is 2.29. The lowest BCUT2D eigenvalue weighted by Gasteiger charge is -2.46. The van der Waals surface area contributed by atoms with Crippen LogP contribution in [0.1, 0.15) is 62.4 Å². The number of nitrogens with one attached hydrogen (secondary N) is 1. The minimum atomic E-state index is -4.18. The number of carbonyl (C=O) groups excluding carboxylic acids is 2. The van der Waals surface area contributed by atoms with E-state index in [9.17, 15) is 18.4 Å². The number of piperidine rings is 1. The number of fused-ring (bicyclic) bond motifs is 4. The summed E-state index contributed by atoms with van der Waals surface area (Å²) in [4.78, 5) is 32.5. The lowest BCUT2D eigenvalue weighted by atomic mass is 9.85. The van der Waals surface area contributed by atoms with E-state index in [0.29, 0.717) is 25.3 Å². The van der Waals surface area contributed by atoms with Crippen LogP contribution in [-0.4, -0.2) is 27.7 Å². The van der Waals surface area contributed by atoms with Crippen LogP contribution in [0.2, 0.25) is 0 Å². The van der Waals surface area contributed by atoms with Crippen molar-refractivity contribution in [2.24, 2.45) is 0 Å². The zero-order valence-corrected chi connectivity index (χ0v) is 20.4. The largest absolute Gasteiger partial charge is 0.352 e. The molecule has 2 aromatic carbocycles. The molecule has 0 saturated carbocycles. The van der Waals surface area contributed by atoms with Gasteiger partial charge in [0.1, 0.15) is 11.6 Å². The van der Waals surface area contributed by atoms with Crippen molar-refractivity contribution in [1.82, 2.24) is 9.88 Å². The van der Waals surface area contributed by atoms with E-state index in [0.717, 1.165) is 34.1 Å². The Hall–Kier alpha value is -3.27. The summed E-state index contributed by atoms with van der Waals surface area (Å²) in [5.74, 6) is -8.18. The van der Waals surface area contributed by atoms with Crippen LogP contribution in [0.25, 0.3) is 0 Å². The van der Waals surface area contributed by atoms with Gasteiger partial charge in [0.2, 0.25) is 0 Å². The highest BCUT2D eigenvalue weighted by atomic mass is 32.1. The zero-order chi connectivity index (χ0) is 25.8. The molecule has 2 amide bonds. The molecule has 1 aromatic heterocycles. The maximum absolute atomic E-state index is 15.6. The lowest BCUT2D eigenvalue weighted by molar-refractivity contribution is -0.168. The maximum atomic E-state index is 15.6. The average molecular weight is 518 g/mol. The number of nitrogens with zero attached hydrogens (tertiary/aromatic N) is 2. The van der Waals surface area contributed by atoms with E-state index in [2.05, 4.69) is 10.3 Å². The van der Waals surface area contributed by atoms with Crippen molar-refractivity contribution in [2.45, 2.75) is 57.5 Å². The maximum Gasteiger partial charge on any atom is 0.352 e. The van der Waals surface area contributed by atoms with Gasteiger partial charge in [-0.25, -0.2) is 13.8 Å². The van der Waals surface area contributed by atoms with Gasteiger partial charge >= 0.3 is 5.92 Å². The molecule has 3 heterocycles. The molecule has 5 nitrogen and oxygen atoms in total. The number of hydrogen-bond acceptors (Lipinski definition) is 4. The number of rotatable bonds is 4. The molecule has 2 unspecified atom stereocenters. The molecular formula is C26H23F4N3O2S. The number of aromatic nitrogens is 1. The van der Waals surface area contributed by atoms with Crippen LogP contribution < -0.4 is 5.32 Å². The molecule has 5 rings (SSSR count). The Morgan fingerprint density at radius 3 is 2.58 bits per heavy atom. The van der Waals surface area contributed by atoms with Gasteiger partial charge in [0.05, 0.1) is 27.2 Å². The number of thiazole rings is 1. The van der Waals surface area contributed by atoms with Crippen LogP contribution in [0, 0.1) is 25.5 Å². The normalized spacial score (nSPS) is 19.1. The van der Waals surface area contributed by atoms with E-state index in [1.54, 1.807) is 0 Å². The van der Waals surface area contributed by atoms with Crippen LogP contribution in [0.4, 0.5) is 23.2 Å². The highest BCUT2D eigenvalue weighted by molar-refractivity contribution is 7.11. The van der Waals surface area contributed by atoms with E-state index < -0.39 is 47.0 Å². The molecule has 36 heavy (non-hydrogen) atoms. The third kappa shape index (κ3) is 4.17. The third-order valence-corrected chi connectivity index (χ3v) is 7.91. The van der Waals surface area contributed by atoms with E-state index in [4.69, 9.17) is 0 Å². The standard InChI is InChI=1S/C26H23F4N3O2S/c1-13-10-16(7-9-19(13)27)32-24(34)15-6-8-20(28)18(11-15)26(29,30)25(35)33-17-4-3-5-22(33)23-21(12-17)31-14(2)36-23/h6-11,17,22H,3-5,12H2,1-2H3,(H,32,34). The fourth-order valence-electron chi connectivity index (χ4n) is 5.07. The number of benzene rings is 2. The van der Waals surface area contributed by atoms with Gasteiger partial charge in [-0.1, -0.05) is 0 Å². The summed E-state index contributed by atoms with van der Waals surface area (Å²) in [6, 6.07) is 5.45. The number of hydrogen-bond donors (Lipinski definition) is 1. The first-order valence-electron chi connectivity index (χ1n) is 11.6. The van der Waals surface area contributed by atoms with E-state index in [1.807, 2.05) is 6.92 Å². The van der Waals surface area contributed by atoms with Crippen LogP contribution in [0.3, 0.4) is 0 Å². The molecule has 0 aliphatic carbocycles. The van der Waals surface area contributed by atoms with Crippen molar-refractivity contribution in [2.75, 3.05) is 5.32 Å². The first-order valence-corrected chi connectivity index (χ1v) is 12.4. The number of halogens is 4. The Bertz CT molecular complexity index is 1370. The Balaban J connectivity index is 1.44. The van der Waals surface area contributed by atoms with Gasteiger partial charge in [-0.05, 0) is 75.1 Å². The van der Waals surface area contributed by atoms with E-state index in [-0.39, 0.29) is 16.8 Å². The quantitative estimate of drug-likeness (QED) is 0.428. The monoisotopic (exact) mass is 517 g/mol. The highest BCUT2D eigenvalue weighted by Gasteiger charge is 2.52. The van der Waals surface area contributed by atoms with Crippen molar-refractivity contribution in [3.63, 3.8) is 0 Å². The minimum Gasteiger partial charge on any atom is -0.326 e. The summed E-state index contributed by atoms with van der Waals surface area (Å²) >= 11 is 1.40. The number of carbonyl (C=O) groups is 2. The summed E-state index contributed by atoms with van der Waals surface area (Å²) in [6.45, 7) is 3.35. The van der Waals surface area contributed by atoms with Gasteiger partial charge < -0.3 is 10.2 Å². The highest BCUT2D eigenvalue weighted by Crippen LogP contribution is 2.47. The van der Waals surface area contributed by atoms with Crippen molar-refractivity contribution >= 4 is 28.8 Å². The molecule has 188 valence electrons. The fourth-order valence-corrected chi connectivity index (χ4v) is 6.16. The Labute approximate surface area is 209 Å². The lowest BCUT2D eigenvalue weighted by Crippen LogP contribution is -2.54. The Kier molecular flexibility index (Phi) is 6.10. The molecule has 1 fully saturated rings. The van der Waals surface area contributed by atoms with E-state index >= 15 is 8.78 Å². The van der Waals surface area contributed by atoms with Crippen LogP contribution in [0.15, 0.2) is 36.4 Å². The summed E-state index contributed by atoms with van der Waals surface area (Å²) in [7, 11) is 0. The van der Waals surface area contributed by atoms with Crippen molar-refractivity contribution in [3.05, 3.63) is 80.3 Å². The molecule has 0 radical (unpaired) electrons. The van der Waals surface area contributed by atoms with E-state index in [1.165, 1.54) is 41.4 Å². The number of anilines is 1. The Morgan fingerprint density at radius 2 is 1.83 bits per heavy atom. The number of aryl methyl sites for hydroxylation is 2. The summed E-state index contributed by atoms with van der Waals surface area (Å²) < 4.78 is 59.5. The first kappa shape index (κ1) is 24.4. The van der Waals surface area contributed by atoms with Gasteiger partial charge in [0.25, 0.3) is 11.8 Å². The molecule has 3 aromatic rings. The smallest absolute Gasteiger partial charge is 0.326 e. The average Bonchev–Trinajstić information content (AvgIpc) is 3.20. The fraction of sp³-hybridized carbons (Fsp3) is 0.346. The molecule has 2 bridgehead atoms. The summed E-state index contributed by atoms with van der Waals surface area (Å²) in [5.41, 5.74) is -0.0131. The second-order valence-electron chi connectivity index (χ2n) is 9.25. The topological polar surface area (TPSA) is 62.3 Å². The van der Waals surface area contributed by atoms with Crippen LogP contribution in [-0.2, 0) is 17.1 Å². The van der Waals surface area contributed by atoms with Gasteiger partial charge in [0, 0.05) is 23.7 Å². The first-order chi connectivity index (χ1) is 17.1. The second kappa shape index (κ2) is 8.99. The molecule has 2 atom stereocenters. The van der Waals surface area contributed by atoms with Gasteiger partial charge in [-0.2, -0.15) is 8.78 Å². The van der Waals surface area contributed by atoms with Gasteiger partial charge in [-0.3, -0.25) is 9.59 Å². The zero-order valence-electron chi connectivity index (χ0n) is 19.6. The molecule has 2 aliphatic rings. The number of alkyl halides is 2. The molecular weight excluding hydrogens is 494 g/mol.